The first-order chi connectivity index (χ1) is 10.1. The van der Waals surface area contributed by atoms with Crippen molar-refractivity contribution in [3.05, 3.63) is 47.8 Å². The molecule has 2 amide bonds. The van der Waals surface area contributed by atoms with Crippen molar-refractivity contribution in [3.8, 4) is 0 Å². The highest BCUT2D eigenvalue weighted by atomic mass is 16.4. The molecule has 0 radical (unpaired) electrons. The van der Waals surface area contributed by atoms with Crippen molar-refractivity contribution >= 4 is 12.0 Å². The molecule has 7 heteroatoms. The molecule has 2 N–H and O–H groups in total. The van der Waals surface area contributed by atoms with E-state index in [2.05, 4.69) is 5.32 Å². The number of carbonyl (C=O) groups is 2. The van der Waals surface area contributed by atoms with Gasteiger partial charge in [-0.3, -0.25) is 0 Å². The van der Waals surface area contributed by atoms with E-state index in [0.29, 0.717) is 24.6 Å². The molecule has 0 bridgehead atoms. The number of rotatable bonds is 6. The molecule has 112 valence electrons. The Morgan fingerprint density at radius 2 is 2.10 bits per heavy atom. The third-order valence-corrected chi connectivity index (χ3v) is 2.88. The molecule has 0 aliphatic rings. The van der Waals surface area contributed by atoms with Gasteiger partial charge in [-0.1, -0.05) is 0 Å². The molecular formula is C14H16N2O5. The molecule has 0 atom stereocenters. The van der Waals surface area contributed by atoms with E-state index in [-0.39, 0.29) is 18.3 Å². The van der Waals surface area contributed by atoms with Crippen LogP contribution >= 0.6 is 0 Å². The smallest absolute Gasteiger partial charge is 0.371 e. The molecule has 21 heavy (non-hydrogen) atoms. The Hall–Kier alpha value is -2.70. The monoisotopic (exact) mass is 292 g/mol. The number of amides is 2. The SMILES string of the molecule is CCN(Cc1ccco1)C(=O)NCc1ccc(C(=O)O)o1. The van der Waals surface area contributed by atoms with Gasteiger partial charge in [-0.2, -0.15) is 0 Å². The van der Waals surface area contributed by atoms with Gasteiger partial charge < -0.3 is 24.2 Å². The van der Waals surface area contributed by atoms with E-state index in [9.17, 15) is 9.59 Å². The minimum Gasteiger partial charge on any atom is -0.475 e. The number of aromatic carboxylic acids is 1. The van der Waals surface area contributed by atoms with Gasteiger partial charge >= 0.3 is 12.0 Å². The Labute approximate surface area is 121 Å². The summed E-state index contributed by atoms with van der Waals surface area (Å²) in [7, 11) is 0. The highest BCUT2D eigenvalue weighted by Crippen LogP contribution is 2.09. The predicted octanol–water partition coefficient (Wildman–Crippen LogP) is 2.30. The molecule has 2 aromatic rings. The lowest BCUT2D eigenvalue weighted by molar-refractivity contribution is 0.0660. The maximum Gasteiger partial charge on any atom is 0.371 e. The fourth-order valence-electron chi connectivity index (χ4n) is 1.78. The minimum atomic E-state index is -1.14. The normalized spacial score (nSPS) is 10.3. The molecule has 7 nitrogen and oxygen atoms in total. The molecule has 0 spiro atoms. The Morgan fingerprint density at radius 3 is 2.67 bits per heavy atom. The van der Waals surface area contributed by atoms with Crippen LogP contribution in [0.4, 0.5) is 4.79 Å². The molecule has 0 saturated carbocycles. The largest absolute Gasteiger partial charge is 0.475 e. The number of carboxylic acids is 1. The van der Waals surface area contributed by atoms with Gasteiger partial charge in [0.25, 0.3) is 0 Å². The highest BCUT2D eigenvalue weighted by molar-refractivity contribution is 5.84. The van der Waals surface area contributed by atoms with Crippen LogP contribution in [0.2, 0.25) is 0 Å². The summed E-state index contributed by atoms with van der Waals surface area (Å²) in [6, 6.07) is 6.15. The first-order valence-corrected chi connectivity index (χ1v) is 6.47. The lowest BCUT2D eigenvalue weighted by atomic mass is 10.4. The topological polar surface area (TPSA) is 95.9 Å². The summed E-state index contributed by atoms with van der Waals surface area (Å²) in [6.45, 7) is 2.87. The van der Waals surface area contributed by atoms with Crippen molar-refractivity contribution in [2.75, 3.05) is 6.54 Å². The number of urea groups is 1. The minimum absolute atomic E-state index is 0.126. The van der Waals surface area contributed by atoms with Gasteiger partial charge in [0, 0.05) is 6.54 Å². The van der Waals surface area contributed by atoms with Crippen molar-refractivity contribution in [3.63, 3.8) is 0 Å². The third-order valence-electron chi connectivity index (χ3n) is 2.88. The van der Waals surface area contributed by atoms with Crippen molar-refractivity contribution in [1.29, 1.82) is 0 Å². The highest BCUT2D eigenvalue weighted by Gasteiger charge is 2.14. The number of carbonyl (C=O) groups excluding carboxylic acids is 1. The predicted molar refractivity (Wildman–Crippen MR) is 72.7 cm³/mol. The Balaban J connectivity index is 1.88. The van der Waals surface area contributed by atoms with Gasteiger partial charge in [-0.15, -0.1) is 0 Å². The van der Waals surface area contributed by atoms with Crippen molar-refractivity contribution in [2.45, 2.75) is 20.0 Å². The summed E-state index contributed by atoms with van der Waals surface area (Å²) in [5, 5.41) is 11.4. The molecular weight excluding hydrogens is 276 g/mol. The quantitative estimate of drug-likeness (QED) is 0.851. The molecule has 0 saturated heterocycles. The second-order valence-corrected chi connectivity index (χ2v) is 4.32. The van der Waals surface area contributed by atoms with E-state index >= 15 is 0 Å². The molecule has 0 aliphatic carbocycles. The zero-order valence-corrected chi connectivity index (χ0v) is 11.5. The molecule has 0 aromatic carbocycles. The fraction of sp³-hybridized carbons (Fsp3) is 0.286. The second-order valence-electron chi connectivity index (χ2n) is 4.32. The zero-order chi connectivity index (χ0) is 15.2. The average Bonchev–Trinajstić information content (AvgIpc) is 3.13. The number of hydrogen-bond donors (Lipinski definition) is 2. The summed E-state index contributed by atoms with van der Waals surface area (Å²) >= 11 is 0. The molecule has 2 aromatic heterocycles. The van der Waals surface area contributed by atoms with E-state index in [1.807, 2.05) is 6.92 Å². The van der Waals surface area contributed by atoms with Gasteiger partial charge in [-0.05, 0) is 31.2 Å². The molecule has 0 fully saturated rings. The summed E-state index contributed by atoms with van der Waals surface area (Å²) < 4.78 is 10.3. The first kappa shape index (κ1) is 14.7. The molecule has 2 rings (SSSR count). The second kappa shape index (κ2) is 6.65. The lowest BCUT2D eigenvalue weighted by Gasteiger charge is -2.19. The number of carboxylic acid groups (broad SMARTS) is 1. The lowest BCUT2D eigenvalue weighted by Crippen LogP contribution is -2.38. The standard InChI is InChI=1S/C14H16N2O5/c1-2-16(9-11-4-3-7-20-11)14(19)15-8-10-5-6-12(21-10)13(17)18/h3-7H,2,8-9H2,1H3,(H,15,19)(H,17,18). The number of nitrogens with one attached hydrogen (secondary N) is 1. The Morgan fingerprint density at radius 1 is 1.29 bits per heavy atom. The molecule has 0 aliphatic heterocycles. The molecule has 0 unspecified atom stereocenters. The summed E-state index contributed by atoms with van der Waals surface area (Å²) in [6.07, 6.45) is 1.55. The van der Waals surface area contributed by atoms with E-state index in [1.54, 1.807) is 23.3 Å². The van der Waals surface area contributed by atoms with Crippen LogP contribution in [0.15, 0.2) is 39.4 Å². The third kappa shape index (κ3) is 3.88. The van der Waals surface area contributed by atoms with Crippen LogP contribution in [-0.4, -0.2) is 28.6 Å². The van der Waals surface area contributed by atoms with Crippen LogP contribution in [0, 0.1) is 0 Å². The van der Waals surface area contributed by atoms with Crippen molar-refractivity contribution in [2.24, 2.45) is 0 Å². The van der Waals surface area contributed by atoms with Crippen molar-refractivity contribution < 1.29 is 23.5 Å². The van der Waals surface area contributed by atoms with E-state index in [4.69, 9.17) is 13.9 Å². The van der Waals surface area contributed by atoms with E-state index in [1.165, 1.54) is 12.1 Å². The summed E-state index contributed by atoms with van der Waals surface area (Å²) in [4.78, 5) is 24.3. The summed E-state index contributed by atoms with van der Waals surface area (Å²) in [5.74, 6) is -0.212. The number of furan rings is 2. The fourth-order valence-corrected chi connectivity index (χ4v) is 1.78. The van der Waals surface area contributed by atoms with Crippen LogP contribution in [0.3, 0.4) is 0 Å². The average molecular weight is 292 g/mol. The number of hydrogen-bond acceptors (Lipinski definition) is 4. The Kier molecular flexibility index (Phi) is 4.65. The van der Waals surface area contributed by atoms with Crippen LogP contribution in [0.25, 0.3) is 0 Å². The van der Waals surface area contributed by atoms with E-state index in [0.717, 1.165) is 0 Å². The van der Waals surface area contributed by atoms with Crippen LogP contribution in [-0.2, 0) is 13.1 Å². The first-order valence-electron chi connectivity index (χ1n) is 6.47. The van der Waals surface area contributed by atoms with Crippen LogP contribution < -0.4 is 5.32 Å². The maximum atomic E-state index is 12.0. The van der Waals surface area contributed by atoms with Crippen molar-refractivity contribution in [1.82, 2.24) is 10.2 Å². The molecule has 2 heterocycles. The summed E-state index contributed by atoms with van der Waals surface area (Å²) in [5.41, 5.74) is 0. The van der Waals surface area contributed by atoms with E-state index < -0.39 is 5.97 Å². The van der Waals surface area contributed by atoms with Crippen LogP contribution in [0.1, 0.15) is 29.0 Å². The zero-order valence-electron chi connectivity index (χ0n) is 11.5. The van der Waals surface area contributed by atoms with Gasteiger partial charge in [-0.25, -0.2) is 9.59 Å². The Bertz CT molecular complexity index is 603. The van der Waals surface area contributed by atoms with Gasteiger partial charge in [0.1, 0.15) is 11.5 Å². The van der Waals surface area contributed by atoms with Crippen LogP contribution in [0.5, 0.6) is 0 Å². The number of nitrogens with zero attached hydrogens (tertiary/aromatic N) is 1. The maximum absolute atomic E-state index is 12.0. The van der Waals surface area contributed by atoms with Gasteiger partial charge in [0.2, 0.25) is 5.76 Å². The van der Waals surface area contributed by atoms with Gasteiger partial charge in [0.15, 0.2) is 0 Å². The van der Waals surface area contributed by atoms with Gasteiger partial charge in [0.05, 0.1) is 19.4 Å².